The van der Waals surface area contributed by atoms with E-state index < -0.39 is 0 Å². The quantitative estimate of drug-likeness (QED) is 0.860. The number of aromatic nitrogens is 3. The predicted molar refractivity (Wildman–Crippen MR) is 64.3 cm³/mol. The van der Waals surface area contributed by atoms with Crippen molar-refractivity contribution in [2.45, 2.75) is 25.7 Å². The first-order chi connectivity index (χ1) is 8.25. The van der Waals surface area contributed by atoms with Crippen molar-refractivity contribution in [1.82, 2.24) is 15.2 Å². The van der Waals surface area contributed by atoms with Gasteiger partial charge >= 0.3 is 0 Å². The van der Waals surface area contributed by atoms with Crippen LogP contribution in [0.3, 0.4) is 0 Å². The lowest BCUT2D eigenvalue weighted by Gasteiger charge is -2.03. The third kappa shape index (κ3) is 1.69. The summed E-state index contributed by atoms with van der Waals surface area (Å²) in [5.41, 5.74) is 1.19. The number of nitrogens with zero attached hydrogens (tertiary/aromatic N) is 2. The summed E-state index contributed by atoms with van der Waals surface area (Å²) >= 11 is 0. The molecule has 0 aliphatic carbocycles. The van der Waals surface area contributed by atoms with Gasteiger partial charge in [0, 0.05) is 11.5 Å². The minimum absolute atomic E-state index is 0.186. The van der Waals surface area contributed by atoms with Crippen LogP contribution in [0.5, 0.6) is 5.75 Å². The van der Waals surface area contributed by atoms with Crippen molar-refractivity contribution in [2.24, 2.45) is 0 Å². The molecule has 0 amide bonds. The smallest absolute Gasteiger partial charge is 0.153 e. The predicted octanol–water partition coefficient (Wildman–Crippen LogP) is 2.45. The van der Waals surface area contributed by atoms with Crippen LogP contribution < -0.4 is 4.74 Å². The molecular weight excluding hydrogens is 214 g/mol. The van der Waals surface area contributed by atoms with Gasteiger partial charge in [-0.25, -0.2) is 4.98 Å². The van der Waals surface area contributed by atoms with E-state index in [4.69, 9.17) is 4.74 Å². The summed E-state index contributed by atoms with van der Waals surface area (Å²) in [6.07, 6.45) is 0. The molecule has 1 atom stereocenters. The lowest BCUT2D eigenvalue weighted by Crippen LogP contribution is -2.04. The average molecular weight is 229 g/mol. The highest BCUT2D eigenvalue weighted by atomic mass is 16.5. The first-order valence-corrected chi connectivity index (χ1v) is 5.89. The van der Waals surface area contributed by atoms with Crippen molar-refractivity contribution in [1.29, 1.82) is 0 Å². The van der Waals surface area contributed by atoms with Crippen LogP contribution in [0.25, 0.3) is 0 Å². The van der Waals surface area contributed by atoms with Gasteiger partial charge in [0.2, 0.25) is 0 Å². The SMILES string of the molecule is CC(C)c1n[nH]c(C2COc3ccccc32)n1. The van der Waals surface area contributed by atoms with Crippen LogP contribution in [0.4, 0.5) is 0 Å². The maximum atomic E-state index is 5.65. The van der Waals surface area contributed by atoms with Crippen LogP contribution in [-0.4, -0.2) is 21.8 Å². The summed E-state index contributed by atoms with van der Waals surface area (Å²) in [4.78, 5) is 4.54. The molecule has 0 saturated carbocycles. The van der Waals surface area contributed by atoms with Gasteiger partial charge in [0.25, 0.3) is 0 Å². The zero-order valence-electron chi connectivity index (χ0n) is 9.97. The summed E-state index contributed by atoms with van der Waals surface area (Å²) < 4.78 is 5.65. The molecule has 0 radical (unpaired) electrons. The van der Waals surface area contributed by atoms with Crippen molar-refractivity contribution in [3.63, 3.8) is 0 Å². The Labute approximate surface area is 100 Å². The second kappa shape index (κ2) is 3.87. The van der Waals surface area contributed by atoms with Gasteiger partial charge in [-0.3, -0.25) is 5.10 Å². The third-order valence-corrected chi connectivity index (χ3v) is 3.07. The highest BCUT2D eigenvalue weighted by Crippen LogP contribution is 2.36. The van der Waals surface area contributed by atoms with Crippen LogP contribution in [0.1, 0.15) is 42.9 Å². The van der Waals surface area contributed by atoms with Gasteiger partial charge in [0.1, 0.15) is 18.2 Å². The summed E-state index contributed by atoms with van der Waals surface area (Å²) in [6.45, 7) is 4.82. The van der Waals surface area contributed by atoms with Gasteiger partial charge in [-0.2, -0.15) is 5.10 Å². The van der Waals surface area contributed by atoms with Crippen molar-refractivity contribution in [3.8, 4) is 5.75 Å². The Hall–Kier alpha value is -1.84. The summed E-state index contributed by atoms with van der Waals surface area (Å²) in [5, 5.41) is 7.27. The fourth-order valence-electron chi connectivity index (χ4n) is 2.09. The molecule has 4 heteroatoms. The van der Waals surface area contributed by atoms with Crippen LogP contribution in [0.2, 0.25) is 0 Å². The van der Waals surface area contributed by atoms with E-state index in [0.29, 0.717) is 12.5 Å². The van der Waals surface area contributed by atoms with E-state index in [1.165, 1.54) is 5.56 Å². The fraction of sp³-hybridized carbons (Fsp3) is 0.385. The Kier molecular flexibility index (Phi) is 2.35. The van der Waals surface area contributed by atoms with Gasteiger partial charge in [-0.15, -0.1) is 0 Å². The Balaban J connectivity index is 1.95. The Bertz CT molecular complexity index is 533. The fourth-order valence-corrected chi connectivity index (χ4v) is 2.09. The molecule has 1 aliphatic heterocycles. The highest BCUT2D eigenvalue weighted by Gasteiger charge is 2.28. The summed E-state index contributed by atoms with van der Waals surface area (Å²) in [6, 6.07) is 8.10. The Morgan fingerprint density at radius 3 is 2.94 bits per heavy atom. The minimum Gasteiger partial charge on any atom is -0.492 e. The number of aromatic amines is 1. The average Bonchev–Trinajstić information content (AvgIpc) is 2.95. The molecule has 1 unspecified atom stereocenters. The van der Waals surface area contributed by atoms with Crippen LogP contribution in [0.15, 0.2) is 24.3 Å². The van der Waals surface area contributed by atoms with Crippen LogP contribution >= 0.6 is 0 Å². The molecule has 2 heterocycles. The molecular formula is C13H15N3O. The maximum absolute atomic E-state index is 5.65. The van der Waals surface area contributed by atoms with Crippen molar-refractivity contribution < 1.29 is 4.74 Å². The summed E-state index contributed by atoms with van der Waals surface area (Å²) in [7, 11) is 0. The molecule has 2 aromatic rings. The minimum atomic E-state index is 0.186. The number of nitrogens with one attached hydrogen (secondary N) is 1. The van der Waals surface area contributed by atoms with Crippen molar-refractivity contribution in [2.75, 3.05) is 6.61 Å². The highest BCUT2D eigenvalue weighted by molar-refractivity contribution is 5.42. The number of para-hydroxylation sites is 1. The number of rotatable bonds is 2. The molecule has 1 aliphatic rings. The monoisotopic (exact) mass is 229 g/mol. The summed E-state index contributed by atoms with van der Waals surface area (Å²) in [5.74, 6) is 3.26. The van der Waals surface area contributed by atoms with E-state index in [-0.39, 0.29) is 5.92 Å². The number of fused-ring (bicyclic) bond motifs is 1. The molecule has 1 aromatic heterocycles. The van der Waals surface area contributed by atoms with E-state index in [1.807, 2.05) is 18.2 Å². The number of H-pyrrole nitrogens is 1. The van der Waals surface area contributed by atoms with Gasteiger partial charge in [0.05, 0.1) is 5.92 Å². The van der Waals surface area contributed by atoms with Gasteiger partial charge in [0.15, 0.2) is 5.82 Å². The normalized spacial score (nSPS) is 18.2. The number of hydrogen-bond acceptors (Lipinski definition) is 3. The first kappa shape index (κ1) is 10.3. The lowest BCUT2D eigenvalue weighted by molar-refractivity contribution is 0.340. The molecule has 4 nitrogen and oxygen atoms in total. The maximum Gasteiger partial charge on any atom is 0.153 e. The van der Waals surface area contributed by atoms with E-state index in [1.54, 1.807) is 0 Å². The molecule has 3 rings (SSSR count). The second-order valence-electron chi connectivity index (χ2n) is 4.63. The van der Waals surface area contributed by atoms with E-state index >= 15 is 0 Å². The molecule has 0 bridgehead atoms. The van der Waals surface area contributed by atoms with Crippen molar-refractivity contribution >= 4 is 0 Å². The van der Waals surface area contributed by atoms with E-state index in [0.717, 1.165) is 17.4 Å². The zero-order chi connectivity index (χ0) is 11.8. The molecule has 0 saturated heterocycles. The molecule has 0 spiro atoms. The molecule has 17 heavy (non-hydrogen) atoms. The number of ether oxygens (including phenoxy) is 1. The molecule has 1 aromatic carbocycles. The van der Waals surface area contributed by atoms with Crippen LogP contribution in [0, 0.1) is 0 Å². The Morgan fingerprint density at radius 2 is 2.18 bits per heavy atom. The van der Waals surface area contributed by atoms with Gasteiger partial charge < -0.3 is 4.74 Å². The largest absolute Gasteiger partial charge is 0.492 e. The number of benzene rings is 1. The van der Waals surface area contributed by atoms with Gasteiger partial charge in [-0.05, 0) is 6.07 Å². The second-order valence-corrected chi connectivity index (χ2v) is 4.63. The van der Waals surface area contributed by atoms with Gasteiger partial charge in [-0.1, -0.05) is 32.0 Å². The molecule has 0 fully saturated rings. The standard InChI is InChI=1S/C13H15N3O/c1-8(2)12-14-13(16-15-12)10-7-17-11-6-4-3-5-9(10)11/h3-6,8,10H,7H2,1-2H3,(H,14,15,16). The Morgan fingerprint density at radius 1 is 1.35 bits per heavy atom. The lowest BCUT2D eigenvalue weighted by atomic mass is 10.0. The topological polar surface area (TPSA) is 50.8 Å². The van der Waals surface area contributed by atoms with Crippen molar-refractivity contribution in [3.05, 3.63) is 41.5 Å². The van der Waals surface area contributed by atoms with E-state index in [2.05, 4.69) is 35.1 Å². The first-order valence-electron chi connectivity index (χ1n) is 5.89. The van der Waals surface area contributed by atoms with E-state index in [9.17, 15) is 0 Å². The zero-order valence-corrected chi connectivity index (χ0v) is 9.97. The number of hydrogen-bond donors (Lipinski definition) is 1. The third-order valence-electron chi connectivity index (χ3n) is 3.07. The van der Waals surface area contributed by atoms with Crippen LogP contribution in [-0.2, 0) is 0 Å². The molecule has 88 valence electrons. The molecule has 1 N–H and O–H groups in total.